The molecule has 522 valence electrons. The Morgan fingerprint density at radius 2 is 1.17 bits per heavy atom. The zero-order valence-corrected chi connectivity index (χ0v) is 56.2. The number of nitrogens with one attached hydrogen (secondary N) is 7. The van der Waals surface area contributed by atoms with Crippen molar-refractivity contribution in [2.75, 3.05) is 60.1 Å². The molecule has 30 heteroatoms. The van der Waals surface area contributed by atoms with Crippen molar-refractivity contribution in [1.29, 1.82) is 0 Å². The van der Waals surface area contributed by atoms with Crippen LogP contribution in [-0.2, 0) is 9.59 Å². The van der Waals surface area contributed by atoms with Crippen LogP contribution in [0, 0.1) is 37.5 Å². The fourth-order valence-electron chi connectivity index (χ4n) is 13.4. The van der Waals surface area contributed by atoms with E-state index in [2.05, 4.69) is 21.3 Å². The lowest BCUT2D eigenvalue weighted by molar-refractivity contribution is -0.967. The highest BCUT2D eigenvalue weighted by Gasteiger charge is 2.47. The van der Waals surface area contributed by atoms with E-state index >= 15 is 0 Å². The number of anilines is 1. The van der Waals surface area contributed by atoms with E-state index in [-0.39, 0.29) is 58.6 Å². The van der Waals surface area contributed by atoms with E-state index in [9.17, 15) is 85.3 Å². The van der Waals surface area contributed by atoms with Crippen molar-refractivity contribution in [3.05, 3.63) is 44.6 Å². The van der Waals surface area contributed by atoms with Gasteiger partial charge >= 0.3 is 0 Å². The molecule has 0 saturated carbocycles. The van der Waals surface area contributed by atoms with Crippen LogP contribution in [0.2, 0.25) is 0 Å². The maximum Gasteiger partial charge on any atom is 0.256 e. The zero-order chi connectivity index (χ0) is 69.6. The van der Waals surface area contributed by atoms with Gasteiger partial charge in [-0.2, -0.15) is 0 Å². The first kappa shape index (κ1) is 77.5. The molecule has 21 N–H and O–H groups in total. The predicted octanol–water partition coefficient (Wildman–Crippen LogP) is -7.28. The third kappa shape index (κ3) is 17.6. The number of aromatic nitrogens is 1. The molecule has 15 unspecified atom stereocenters. The average molecular weight is 1310 g/mol. The zero-order valence-electron chi connectivity index (χ0n) is 56.2. The third-order valence-corrected chi connectivity index (χ3v) is 18.9. The van der Waals surface area contributed by atoms with E-state index in [4.69, 9.17) is 15.1 Å². The number of nitrogens with two attached hydrogens (primary N) is 1. The van der Waals surface area contributed by atoms with Gasteiger partial charge in [-0.05, 0) is 78.1 Å². The smallest absolute Gasteiger partial charge is 0.256 e. The molecule has 1 aromatic rings. The van der Waals surface area contributed by atoms with E-state index < -0.39 is 163 Å². The molecule has 1 aliphatic carbocycles. The van der Waals surface area contributed by atoms with Gasteiger partial charge in [0.25, 0.3) is 11.8 Å². The summed E-state index contributed by atoms with van der Waals surface area (Å²) in [4.78, 5) is 82.5. The van der Waals surface area contributed by atoms with Crippen molar-refractivity contribution >= 4 is 40.4 Å². The second kappa shape index (κ2) is 33.0. The maximum atomic E-state index is 14.7. The minimum Gasteiger partial charge on any atom is -0.452 e. The minimum atomic E-state index is -1.76. The SMILES string of the molecule is Cc1c2oc3c(C)ccc(C(=O)NC(C(=O)N[C@H](C(C)C)C(O)[NH+]4CCC[C@H]4C(O)N(C)CC(O)[NH+](C)C(C(C)C)C(O)O)C(C)O)c3nc-2c(C(=O)NC(C(=O)N[C@H](C(C)C)C(O)N2CCC[C@H]2C(O)N(C)CC(O)[NH+](C)C(C(C)C)C(O)O)C(C)O)c(N)c1=O. The van der Waals surface area contributed by atoms with Gasteiger partial charge in [0, 0.05) is 36.8 Å². The van der Waals surface area contributed by atoms with Crippen LogP contribution in [0.3, 0.4) is 0 Å². The summed E-state index contributed by atoms with van der Waals surface area (Å²) in [5.41, 5.74) is 4.00. The number of hydrogen-bond donors (Lipinski definition) is 20. The lowest BCUT2D eigenvalue weighted by atomic mass is 9.98. The average Bonchev–Trinajstić information content (AvgIpc) is 0.906. The topological polar surface area (TPSA) is 451 Å². The van der Waals surface area contributed by atoms with Crippen LogP contribution in [0.5, 0.6) is 0 Å². The molecular formula is C62H109N12O18+3. The van der Waals surface area contributed by atoms with Gasteiger partial charge in [-0.3, -0.25) is 38.7 Å². The summed E-state index contributed by atoms with van der Waals surface area (Å²) in [7, 11) is 6.42. The largest absolute Gasteiger partial charge is 0.452 e. The molecule has 30 nitrogen and oxygen atoms in total. The van der Waals surface area contributed by atoms with Crippen LogP contribution in [0.25, 0.3) is 22.6 Å². The Bertz CT molecular complexity index is 2950. The van der Waals surface area contributed by atoms with Crippen LogP contribution in [0.15, 0.2) is 21.3 Å². The molecule has 0 spiro atoms. The van der Waals surface area contributed by atoms with Crippen LogP contribution >= 0.6 is 0 Å². The van der Waals surface area contributed by atoms with Crippen molar-refractivity contribution in [3.63, 3.8) is 0 Å². The monoisotopic (exact) mass is 1310 g/mol. The lowest BCUT2D eigenvalue weighted by Crippen LogP contribution is -3.21. The number of amides is 4. The fourth-order valence-corrected chi connectivity index (χ4v) is 13.4. The second-order valence-corrected chi connectivity index (χ2v) is 27.2. The number of quaternary nitrogens is 3. The number of nitrogens with zero attached hydrogens (tertiary/aromatic N) is 4. The number of carbonyl (C=O) groups is 4. The minimum absolute atomic E-state index is 0.0176. The van der Waals surface area contributed by atoms with Gasteiger partial charge in [-0.15, -0.1) is 0 Å². The molecule has 3 heterocycles. The third-order valence-electron chi connectivity index (χ3n) is 18.9. The first-order chi connectivity index (χ1) is 42.8. The number of aliphatic hydroxyl groups excluding tert-OH is 10. The number of fused-ring (bicyclic) bond motifs is 2. The summed E-state index contributed by atoms with van der Waals surface area (Å²) >= 11 is 0. The molecule has 2 saturated heterocycles. The van der Waals surface area contributed by atoms with Crippen molar-refractivity contribution < 1.29 is 99.6 Å². The summed E-state index contributed by atoms with van der Waals surface area (Å²) in [5.74, 6) is -5.50. The summed E-state index contributed by atoms with van der Waals surface area (Å²) in [6, 6.07) is -5.38. The van der Waals surface area contributed by atoms with Crippen molar-refractivity contribution in [1.82, 2.24) is 41.0 Å². The first-order valence-electron chi connectivity index (χ1n) is 32.0. The van der Waals surface area contributed by atoms with Gasteiger partial charge in [0.2, 0.25) is 48.5 Å². The van der Waals surface area contributed by atoms with Gasteiger partial charge in [-0.1, -0.05) is 61.5 Å². The Morgan fingerprint density at radius 3 is 1.65 bits per heavy atom. The quantitative estimate of drug-likeness (QED) is 0.0157. The summed E-state index contributed by atoms with van der Waals surface area (Å²) < 4.78 is 6.32. The number of nitrogen functional groups attached to an aromatic ring is 1. The lowest BCUT2D eigenvalue weighted by Gasteiger charge is -2.41. The van der Waals surface area contributed by atoms with E-state index in [1.165, 1.54) is 42.7 Å². The van der Waals surface area contributed by atoms with Gasteiger partial charge in [0.1, 0.15) is 59.9 Å². The summed E-state index contributed by atoms with van der Waals surface area (Å²) in [5, 5.41) is 143. The standard InChI is InChI=1S/C62H106N12O18/c1-27(2)42(59(86)73-23-17-19-36(73)57(84)69(13)25-38(77)71(15)48(29(5)6)61(88)89)65-55(82)44(33(11)75)67-53(80)35-22-21-31(9)51-46(35)64-47-40(41(63)50(79)32(10)52(47)92-51)54(81)68-45(34(12)76)56(83)66-43(28(3)4)60(87)74-24-18-20-37(74)58(85)70(14)26-39(78)72(16)49(30(7)8)62(90)91/h21-22,27-30,33-34,36-39,42-45,48-49,57-62,75-78,84-91H,17-20,23-26,63H2,1-16H3,(H,65,82)(H,66,83)(H,67,80)(H,68,81)/p+3/t33?,34?,36-,37-,38?,39?,42+,43+,44?,45?,48?,49?,57?,58?,59?,60?/m0/s1. The predicted molar refractivity (Wildman–Crippen MR) is 338 cm³/mol. The molecule has 0 aromatic heterocycles. The molecule has 4 amide bonds. The second-order valence-electron chi connectivity index (χ2n) is 27.2. The molecular weight excluding hydrogens is 1200 g/mol. The highest BCUT2D eigenvalue weighted by molar-refractivity contribution is 6.10. The molecule has 19 atom stereocenters. The van der Waals surface area contributed by atoms with E-state index in [0.29, 0.717) is 59.0 Å². The molecule has 0 radical (unpaired) electrons. The van der Waals surface area contributed by atoms with Gasteiger partial charge in [-0.25, -0.2) is 4.98 Å². The fraction of sp³-hybridized carbons (Fsp3) is 0.742. The van der Waals surface area contributed by atoms with Gasteiger partial charge in [0.15, 0.2) is 17.6 Å². The van der Waals surface area contributed by atoms with E-state index in [1.54, 1.807) is 95.4 Å². The number of likely N-dealkylation sites (N-methyl/N-ethyl adjacent to an activating group) is 4. The van der Waals surface area contributed by atoms with Crippen LogP contribution < -0.4 is 47.1 Å². The number of benzene rings is 2. The molecule has 1 aromatic carbocycles. The summed E-state index contributed by atoms with van der Waals surface area (Å²) in [6.45, 7) is 20.2. The van der Waals surface area contributed by atoms with Crippen molar-refractivity contribution in [2.45, 2.75) is 219 Å². The Kier molecular flexibility index (Phi) is 27.8. The van der Waals surface area contributed by atoms with Gasteiger partial charge in [0.05, 0.1) is 74.8 Å². The number of hydrogen-bond acceptors (Lipinski definition) is 23. The Balaban J connectivity index is 1.39. The highest BCUT2D eigenvalue weighted by atomic mass is 16.5. The maximum absolute atomic E-state index is 14.7. The normalized spacial score (nSPS) is 22.2. The molecule has 3 aliphatic heterocycles. The van der Waals surface area contributed by atoms with Crippen LogP contribution in [0.1, 0.15) is 127 Å². The first-order valence-corrected chi connectivity index (χ1v) is 32.0. The van der Waals surface area contributed by atoms with Crippen molar-refractivity contribution in [2.24, 2.45) is 23.7 Å². The molecule has 5 rings (SSSR count). The number of aryl methyl sites for hydroxylation is 1. The van der Waals surface area contributed by atoms with E-state index in [1.807, 2.05) is 0 Å². The molecule has 2 fully saturated rings. The Labute approximate surface area is 538 Å². The molecule has 4 aliphatic rings. The van der Waals surface area contributed by atoms with E-state index in [0.717, 1.165) is 0 Å². The molecule has 0 bridgehead atoms. The number of likely N-dealkylation sites (tertiary alicyclic amines) is 2. The van der Waals surface area contributed by atoms with Crippen LogP contribution in [-0.4, -0.2) is 269 Å². The highest BCUT2D eigenvalue weighted by Crippen LogP contribution is 2.35. The van der Waals surface area contributed by atoms with Crippen molar-refractivity contribution in [3.8, 4) is 11.5 Å². The van der Waals surface area contributed by atoms with Crippen LogP contribution in [0.4, 0.5) is 5.69 Å². The number of carbonyl (C=O) groups excluding carboxylic acids is 4. The molecule has 92 heavy (non-hydrogen) atoms. The number of aliphatic hydroxyl groups is 12. The Hall–Kier alpha value is -5.20. The number of rotatable bonds is 32. The Morgan fingerprint density at radius 1 is 0.685 bits per heavy atom. The summed E-state index contributed by atoms with van der Waals surface area (Å²) in [6.07, 6.45) is -12.0. The van der Waals surface area contributed by atoms with Gasteiger partial charge < -0.3 is 107 Å².